The van der Waals surface area contributed by atoms with Gasteiger partial charge < -0.3 is 20.1 Å². The topological polar surface area (TPSA) is 111 Å². The molecule has 0 unspecified atom stereocenters. The van der Waals surface area contributed by atoms with Crippen LogP contribution in [0.3, 0.4) is 0 Å². The zero-order valence-corrected chi connectivity index (χ0v) is 16.8. The average molecular weight is 452 g/mol. The third kappa shape index (κ3) is 7.42. The zero-order chi connectivity index (χ0) is 23.7. The number of ether oxygens (including phenoxy) is 2. The fourth-order valence-corrected chi connectivity index (χ4v) is 2.49. The first-order chi connectivity index (χ1) is 15.1. The van der Waals surface area contributed by atoms with Gasteiger partial charge in [-0.25, -0.2) is 4.79 Å². The van der Waals surface area contributed by atoms with Crippen LogP contribution in [0.2, 0.25) is 0 Å². The quantitative estimate of drug-likeness (QED) is 0.594. The summed E-state index contributed by atoms with van der Waals surface area (Å²) >= 11 is 0. The molecule has 2 N–H and O–H groups in total. The molecule has 0 fully saturated rings. The Morgan fingerprint density at radius 3 is 2.16 bits per heavy atom. The van der Waals surface area contributed by atoms with E-state index in [-0.39, 0.29) is 12.8 Å². The van der Waals surface area contributed by atoms with Gasteiger partial charge in [0.2, 0.25) is 5.91 Å². The van der Waals surface area contributed by atoms with Gasteiger partial charge in [-0.05, 0) is 36.4 Å². The molecule has 2 amide bonds. The van der Waals surface area contributed by atoms with Gasteiger partial charge in [0.1, 0.15) is 0 Å². The largest absolute Gasteiger partial charge is 0.465 e. The van der Waals surface area contributed by atoms with E-state index in [1.807, 2.05) is 5.32 Å². The van der Waals surface area contributed by atoms with Gasteiger partial charge in [-0.3, -0.25) is 14.4 Å². The first-order valence-corrected chi connectivity index (χ1v) is 9.20. The Balaban J connectivity index is 1.76. The van der Waals surface area contributed by atoms with Crippen molar-refractivity contribution in [1.82, 2.24) is 0 Å². The molecule has 0 aliphatic carbocycles. The maximum absolute atomic E-state index is 12.9. The van der Waals surface area contributed by atoms with E-state index >= 15 is 0 Å². The molecule has 8 nitrogen and oxygen atoms in total. The minimum Gasteiger partial charge on any atom is -0.465 e. The number of carbonyl (C=O) groups is 4. The van der Waals surface area contributed by atoms with Crippen molar-refractivity contribution >= 4 is 35.1 Å². The molecule has 0 spiro atoms. The Morgan fingerprint density at radius 1 is 0.875 bits per heavy atom. The second-order valence-corrected chi connectivity index (χ2v) is 6.37. The smallest absolute Gasteiger partial charge is 0.418 e. The predicted molar refractivity (Wildman–Crippen MR) is 107 cm³/mol. The fraction of sp³-hybridized carbons (Fsp3) is 0.238. The van der Waals surface area contributed by atoms with Crippen LogP contribution < -0.4 is 10.6 Å². The maximum atomic E-state index is 12.9. The van der Waals surface area contributed by atoms with Crippen LogP contribution in [0.15, 0.2) is 48.5 Å². The number of carbonyl (C=O) groups excluding carboxylic acids is 4. The van der Waals surface area contributed by atoms with Crippen molar-refractivity contribution in [2.45, 2.75) is 19.0 Å². The lowest BCUT2D eigenvalue weighted by molar-refractivity contribution is -0.148. The van der Waals surface area contributed by atoms with Gasteiger partial charge in [0.05, 0.1) is 30.3 Å². The molecule has 32 heavy (non-hydrogen) atoms. The zero-order valence-electron chi connectivity index (χ0n) is 16.8. The normalized spacial score (nSPS) is 10.8. The van der Waals surface area contributed by atoms with Crippen molar-refractivity contribution in [2.75, 3.05) is 24.4 Å². The van der Waals surface area contributed by atoms with Gasteiger partial charge in [0.15, 0.2) is 6.61 Å². The average Bonchev–Trinajstić information content (AvgIpc) is 2.76. The molecule has 2 aromatic carbocycles. The van der Waals surface area contributed by atoms with Crippen molar-refractivity contribution < 1.29 is 41.8 Å². The lowest BCUT2D eigenvalue weighted by Crippen LogP contribution is -2.23. The minimum absolute atomic E-state index is 0.254. The highest BCUT2D eigenvalue weighted by atomic mass is 19.4. The summed E-state index contributed by atoms with van der Waals surface area (Å²) in [5.41, 5.74) is -0.807. The molecule has 0 heterocycles. The first kappa shape index (κ1) is 24.4. The van der Waals surface area contributed by atoms with E-state index in [9.17, 15) is 32.3 Å². The van der Waals surface area contributed by atoms with Crippen LogP contribution in [0.25, 0.3) is 0 Å². The van der Waals surface area contributed by atoms with Crippen molar-refractivity contribution in [1.29, 1.82) is 0 Å². The monoisotopic (exact) mass is 452 g/mol. The molecule has 0 saturated heterocycles. The second kappa shape index (κ2) is 10.9. The number of esters is 2. The van der Waals surface area contributed by atoms with Crippen molar-refractivity contribution in [2.24, 2.45) is 0 Å². The van der Waals surface area contributed by atoms with E-state index in [0.29, 0.717) is 11.3 Å². The number of halogens is 3. The molecule has 0 aromatic heterocycles. The number of para-hydroxylation sites is 1. The van der Waals surface area contributed by atoms with Crippen LogP contribution in [0.1, 0.15) is 28.8 Å². The molecule has 0 atom stereocenters. The van der Waals surface area contributed by atoms with Crippen LogP contribution in [0, 0.1) is 0 Å². The molecule has 11 heteroatoms. The Bertz CT molecular complexity index is 990. The van der Waals surface area contributed by atoms with E-state index in [4.69, 9.17) is 4.74 Å². The molecule has 2 aromatic rings. The summed E-state index contributed by atoms with van der Waals surface area (Å²) in [5, 5.41) is 4.55. The standard InChI is InChI=1S/C21H19F3N2O6/c1-31-20(30)13-6-8-14(9-7-13)25-17(27)10-11-19(29)32-12-18(28)26-16-5-3-2-4-15(16)21(22,23)24/h2-9H,10-12H2,1H3,(H,25,27)(H,26,28). The highest BCUT2D eigenvalue weighted by molar-refractivity contribution is 5.95. The summed E-state index contributed by atoms with van der Waals surface area (Å²) in [6.45, 7) is -0.804. The van der Waals surface area contributed by atoms with Crippen LogP contribution in [0.4, 0.5) is 24.5 Å². The third-order valence-corrected chi connectivity index (χ3v) is 4.02. The van der Waals surface area contributed by atoms with Gasteiger partial charge in [-0.15, -0.1) is 0 Å². The van der Waals surface area contributed by atoms with Crippen LogP contribution in [-0.4, -0.2) is 37.5 Å². The van der Waals surface area contributed by atoms with Crippen LogP contribution >= 0.6 is 0 Å². The Labute approximate surface area is 180 Å². The molecule has 170 valence electrons. The molecular weight excluding hydrogens is 433 g/mol. The lowest BCUT2D eigenvalue weighted by atomic mass is 10.1. The number of nitrogens with one attached hydrogen (secondary N) is 2. The highest BCUT2D eigenvalue weighted by Gasteiger charge is 2.33. The summed E-state index contributed by atoms with van der Waals surface area (Å²) in [7, 11) is 1.24. The number of hydrogen-bond donors (Lipinski definition) is 2. The van der Waals surface area contributed by atoms with Gasteiger partial charge >= 0.3 is 18.1 Å². The van der Waals surface area contributed by atoms with E-state index in [2.05, 4.69) is 10.1 Å². The number of hydrogen-bond acceptors (Lipinski definition) is 6. The summed E-state index contributed by atoms with van der Waals surface area (Å²) < 4.78 is 48.0. The number of alkyl halides is 3. The van der Waals surface area contributed by atoms with Crippen molar-refractivity contribution in [3.8, 4) is 0 Å². The van der Waals surface area contributed by atoms with Crippen LogP contribution in [-0.2, 0) is 30.0 Å². The number of rotatable bonds is 8. The molecular formula is C21H19F3N2O6. The third-order valence-electron chi connectivity index (χ3n) is 4.02. The van der Waals surface area contributed by atoms with Gasteiger partial charge in [0.25, 0.3) is 5.91 Å². The fourth-order valence-electron chi connectivity index (χ4n) is 2.49. The molecule has 2 rings (SSSR count). The summed E-state index contributed by atoms with van der Waals surface area (Å²) in [4.78, 5) is 46.8. The Morgan fingerprint density at radius 2 is 1.53 bits per heavy atom. The Hall–Kier alpha value is -3.89. The summed E-state index contributed by atoms with van der Waals surface area (Å²) in [6, 6.07) is 10.2. The highest BCUT2D eigenvalue weighted by Crippen LogP contribution is 2.34. The number of anilines is 2. The molecule has 0 aliphatic heterocycles. The molecule has 0 radical (unpaired) electrons. The van der Waals surface area contributed by atoms with E-state index in [1.165, 1.54) is 43.5 Å². The van der Waals surface area contributed by atoms with Crippen LogP contribution in [0.5, 0.6) is 0 Å². The minimum atomic E-state index is -4.66. The van der Waals surface area contributed by atoms with Crippen molar-refractivity contribution in [3.05, 3.63) is 59.7 Å². The molecule has 0 bridgehead atoms. The maximum Gasteiger partial charge on any atom is 0.418 e. The number of benzene rings is 2. The Kier molecular flexibility index (Phi) is 8.33. The van der Waals surface area contributed by atoms with E-state index in [0.717, 1.165) is 12.1 Å². The first-order valence-electron chi connectivity index (χ1n) is 9.20. The SMILES string of the molecule is COC(=O)c1ccc(NC(=O)CCC(=O)OCC(=O)Nc2ccccc2C(F)(F)F)cc1. The van der Waals surface area contributed by atoms with E-state index in [1.54, 1.807) is 0 Å². The number of amides is 2. The van der Waals surface area contributed by atoms with Gasteiger partial charge in [-0.1, -0.05) is 12.1 Å². The summed E-state index contributed by atoms with van der Waals surface area (Å²) in [6.07, 6.45) is -5.26. The lowest BCUT2D eigenvalue weighted by Gasteiger charge is -2.13. The predicted octanol–water partition coefficient (Wildman–Crippen LogP) is 3.39. The van der Waals surface area contributed by atoms with Gasteiger partial charge in [-0.2, -0.15) is 13.2 Å². The van der Waals surface area contributed by atoms with Gasteiger partial charge in [0, 0.05) is 12.1 Å². The molecule has 0 saturated carbocycles. The van der Waals surface area contributed by atoms with E-state index < -0.39 is 47.8 Å². The second-order valence-electron chi connectivity index (χ2n) is 6.37. The molecule has 0 aliphatic rings. The number of methoxy groups -OCH3 is 1. The van der Waals surface area contributed by atoms with Crippen molar-refractivity contribution in [3.63, 3.8) is 0 Å². The summed E-state index contributed by atoms with van der Waals surface area (Å²) in [5.74, 6) is -2.88.